The summed E-state index contributed by atoms with van der Waals surface area (Å²) < 4.78 is 40.6. The SMILES string of the molecule is Cc1ccc(-c2nc(N)nc3c2nnn3Cc2ccc(C)c(NS(=O)(=O)O)c2)o1. The van der Waals surface area contributed by atoms with Crippen molar-refractivity contribution in [1.29, 1.82) is 0 Å². The summed E-state index contributed by atoms with van der Waals surface area (Å²) in [4.78, 5) is 8.46. The molecule has 0 radical (unpaired) electrons. The molecule has 0 aliphatic heterocycles. The molecule has 0 aliphatic carbocycles. The molecule has 0 spiro atoms. The van der Waals surface area contributed by atoms with Crippen LogP contribution in [0.5, 0.6) is 0 Å². The zero-order chi connectivity index (χ0) is 20.8. The van der Waals surface area contributed by atoms with Crippen LogP contribution in [0.3, 0.4) is 0 Å². The molecule has 0 unspecified atom stereocenters. The Bertz CT molecular complexity index is 1330. The van der Waals surface area contributed by atoms with Crippen molar-refractivity contribution in [1.82, 2.24) is 25.0 Å². The third-order valence-electron chi connectivity index (χ3n) is 4.23. The van der Waals surface area contributed by atoms with E-state index in [4.69, 9.17) is 14.7 Å². The lowest BCUT2D eigenvalue weighted by atomic mass is 10.1. The van der Waals surface area contributed by atoms with E-state index in [1.807, 2.05) is 6.92 Å². The number of rotatable bonds is 5. The van der Waals surface area contributed by atoms with Crippen LogP contribution < -0.4 is 10.5 Å². The van der Waals surface area contributed by atoms with Gasteiger partial charge in [0.15, 0.2) is 16.9 Å². The molecular weight excluding hydrogens is 398 g/mol. The zero-order valence-corrected chi connectivity index (χ0v) is 16.3. The van der Waals surface area contributed by atoms with Crippen molar-refractivity contribution in [2.45, 2.75) is 20.4 Å². The predicted molar refractivity (Wildman–Crippen MR) is 105 cm³/mol. The summed E-state index contributed by atoms with van der Waals surface area (Å²) >= 11 is 0. The second kappa shape index (κ2) is 6.83. The van der Waals surface area contributed by atoms with Crippen LogP contribution in [0.15, 0.2) is 34.7 Å². The molecule has 0 amide bonds. The van der Waals surface area contributed by atoms with E-state index in [-0.39, 0.29) is 18.2 Å². The van der Waals surface area contributed by atoms with Crippen LogP contribution in [0.1, 0.15) is 16.9 Å². The van der Waals surface area contributed by atoms with Crippen LogP contribution >= 0.6 is 0 Å². The van der Waals surface area contributed by atoms with E-state index in [0.29, 0.717) is 33.7 Å². The van der Waals surface area contributed by atoms with Gasteiger partial charge in [0.05, 0.1) is 12.2 Å². The van der Waals surface area contributed by atoms with Crippen LogP contribution in [0.25, 0.3) is 22.6 Å². The molecular formula is C17H17N7O4S. The number of anilines is 2. The smallest absolute Gasteiger partial charge is 0.357 e. The van der Waals surface area contributed by atoms with E-state index in [0.717, 1.165) is 5.76 Å². The molecule has 0 fully saturated rings. The van der Waals surface area contributed by atoms with Gasteiger partial charge in [-0.15, -0.1) is 5.10 Å². The van der Waals surface area contributed by atoms with Crippen LogP contribution in [0, 0.1) is 13.8 Å². The molecule has 0 saturated heterocycles. The molecule has 0 saturated carbocycles. The van der Waals surface area contributed by atoms with Gasteiger partial charge in [-0.05, 0) is 43.2 Å². The van der Waals surface area contributed by atoms with Crippen LogP contribution in [-0.2, 0) is 16.8 Å². The first-order valence-electron chi connectivity index (χ1n) is 8.48. The molecule has 3 aromatic heterocycles. The Kier molecular flexibility index (Phi) is 4.43. The number of nitrogens with one attached hydrogen (secondary N) is 1. The number of aromatic nitrogens is 5. The fourth-order valence-electron chi connectivity index (χ4n) is 2.90. The van der Waals surface area contributed by atoms with Gasteiger partial charge in [-0.1, -0.05) is 17.3 Å². The minimum absolute atomic E-state index is 0.0442. The first-order valence-corrected chi connectivity index (χ1v) is 9.92. The number of furan rings is 1. The number of aryl methyl sites for hydroxylation is 2. The summed E-state index contributed by atoms with van der Waals surface area (Å²) in [5.74, 6) is 1.27. The number of hydrogen-bond acceptors (Lipinski definition) is 8. The molecule has 29 heavy (non-hydrogen) atoms. The monoisotopic (exact) mass is 415 g/mol. The molecule has 12 heteroatoms. The average molecular weight is 415 g/mol. The number of benzene rings is 1. The summed E-state index contributed by atoms with van der Waals surface area (Å²) in [6.07, 6.45) is 0. The van der Waals surface area contributed by atoms with Gasteiger partial charge in [0.1, 0.15) is 11.5 Å². The third-order valence-corrected chi connectivity index (χ3v) is 4.70. The molecule has 11 nitrogen and oxygen atoms in total. The van der Waals surface area contributed by atoms with Gasteiger partial charge in [0.25, 0.3) is 0 Å². The highest BCUT2D eigenvalue weighted by atomic mass is 32.2. The second-order valence-corrected chi connectivity index (χ2v) is 7.64. The summed E-state index contributed by atoms with van der Waals surface area (Å²) in [6.45, 7) is 3.77. The lowest BCUT2D eigenvalue weighted by Gasteiger charge is -2.09. The number of fused-ring (bicyclic) bond motifs is 1. The van der Waals surface area contributed by atoms with Gasteiger partial charge in [-0.25, -0.2) is 9.67 Å². The molecule has 150 valence electrons. The molecule has 0 bridgehead atoms. The van der Waals surface area contributed by atoms with Crippen molar-refractivity contribution in [2.75, 3.05) is 10.5 Å². The minimum atomic E-state index is -4.39. The summed E-state index contributed by atoms with van der Waals surface area (Å²) in [7, 11) is -4.39. The zero-order valence-electron chi connectivity index (χ0n) is 15.5. The van der Waals surface area contributed by atoms with Crippen LogP contribution in [-0.4, -0.2) is 37.9 Å². The number of nitrogens with zero attached hydrogens (tertiary/aromatic N) is 5. The second-order valence-electron chi connectivity index (χ2n) is 6.49. The lowest BCUT2D eigenvalue weighted by molar-refractivity contribution is 0.489. The van der Waals surface area contributed by atoms with Gasteiger partial charge < -0.3 is 10.2 Å². The Morgan fingerprint density at radius 3 is 2.69 bits per heavy atom. The molecule has 4 N–H and O–H groups in total. The third kappa shape index (κ3) is 3.88. The molecule has 0 aliphatic rings. The molecule has 1 aromatic carbocycles. The van der Waals surface area contributed by atoms with E-state index in [1.165, 1.54) is 4.68 Å². The van der Waals surface area contributed by atoms with Crippen LogP contribution in [0.4, 0.5) is 11.6 Å². The quantitative estimate of drug-likeness (QED) is 0.413. The predicted octanol–water partition coefficient (Wildman–Crippen LogP) is 1.94. The lowest BCUT2D eigenvalue weighted by Crippen LogP contribution is -2.12. The Hall–Kier alpha value is -3.51. The number of nitrogens with two attached hydrogens (primary N) is 1. The maximum absolute atomic E-state index is 11.1. The van der Waals surface area contributed by atoms with Crippen molar-refractivity contribution in [2.24, 2.45) is 0 Å². The topological polar surface area (TPSA) is 162 Å². The molecule has 0 atom stereocenters. The van der Waals surface area contributed by atoms with Crippen molar-refractivity contribution in [3.8, 4) is 11.5 Å². The van der Waals surface area contributed by atoms with Crippen molar-refractivity contribution < 1.29 is 17.4 Å². The van der Waals surface area contributed by atoms with Crippen molar-refractivity contribution >= 4 is 33.1 Å². The van der Waals surface area contributed by atoms with E-state index in [1.54, 1.807) is 37.3 Å². The maximum Gasteiger partial charge on any atom is 0.357 e. The number of hydrogen-bond donors (Lipinski definition) is 3. The minimum Gasteiger partial charge on any atom is -0.460 e. The summed E-state index contributed by atoms with van der Waals surface area (Å²) in [5.41, 5.74) is 8.76. The Morgan fingerprint density at radius 1 is 1.21 bits per heavy atom. The Labute approximate surface area is 165 Å². The fourth-order valence-corrected chi connectivity index (χ4v) is 3.40. The maximum atomic E-state index is 11.1. The van der Waals surface area contributed by atoms with E-state index in [2.05, 4.69) is 25.0 Å². The van der Waals surface area contributed by atoms with Crippen LogP contribution in [0.2, 0.25) is 0 Å². The average Bonchev–Trinajstić information content (AvgIpc) is 3.23. The van der Waals surface area contributed by atoms with Gasteiger partial charge in [0.2, 0.25) is 5.95 Å². The highest BCUT2D eigenvalue weighted by Crippen LogP contribution is 2.27. The van der Waals surface area contributed by atoms with Gasteiger partial charge >= 0.3 is 10.3 Å². The molecule has 3 heterocycles. The molecule has 4 rings (SSSR count). The Balaban J connectivity index is 1.75. The summed E-state index contributed by atoms with van der Waals surface area (Å²) in [6, 6.07) is 8.70. The first-order chi connectivity index (χ1) is 13.7. The van der Waals surface area contributed by atoms with E-state index < -0.39 is 10.3 Å². The van der Waals surface area contributed by atoms with Gasteiger partial charge in [-0.2, -0.15) is 13.4 Å². The molecule has 4 aromatic rings. The fraction of sp³-hybridized carbons (Fsp3) is 0.176. The first kappa shape index (κ1) is 18.8. The normalized spacial score (nSPS) is 11.8. The van der Waals surface area contributed by atoms with Crippen molar-refractivity contribution in [3.05, 3.63) is 47.2 Å². The Morgan fingerprint density at radius 2 is 2.00 bits per heavy atom. The summed E-state index contributed by atoms with van der Waals surface area (Å²) in [5, 5.41) is 8.29. The standard InChI is InChI=1S/C17H17N7O4S/c1-9-3-5-11(7-12(9)22-29(25,26)27)8-24-16-15(21-23-24)14(19-17(18)20-16)13-6-4-10(2)28-13/h3-7,22H,8H2,1-2H3,(H2,18,19,20)(H,25,26,27). The van der Waals surface area contributed by atoms with E-state index >= 15 is 0 Å². The van der Waals surface area contributed by atoms with Crippen molar-refractivity contribution in [3.63, 3.8) is 0 Å². The van der Waals surface area contributed by atoms with E-state index in [9.17, 15) is 8.42 Å². The number of nitrogen functional groups attached to an aromatic ring is 1. The van der Waals surface area contributed by atoms with Gasteiger partial charge in [0, 0.05) is 0 Å². The highest BCUT2D eigenvalue weighted by molar-refractivity contribution is 7.87. The highest BCUT2D eigenvalue weighted by Gasteiger charge is 2.18. The largest absolute Gasteiger partial charge is 0.460 e. The van der Waals surface area contributed by atoms with Gasteiger partial charge in [-0.3, -0.25) is 9.27 Å².